The molecule has 3 heterocycles. The number of ether oxygens (including phenoxy) is 4. The van der Waals surface area contributed by atoms with Crippen LogP contribution in [0.4, 0.5) is 0 Å². The minimum Gasteiger partial charge on any atom is -0.489 e. The van der Waals surface area contributed by atoms with E-state index in [1.54, 1.807) is 18.3 Å². The molecule has 5 aromatic rings. The van der Waals surface area contributed by atoms with Crippen LogP contribution in [0.25, 0.3) is 11.1 Å². The molecule has 1 aromatic heterocycles. The number of esters is 1. The van der Waals surface area contributed by atoms with Crippen LogP contribution in [0.5, 0.6) is 17.2 Å². The van der Waals surface area contributed by atoms with E-state index in [-0.39, 0.29) is 12.0 Å². The minimum atomic E-state index is -0.844. The number of hydrogen-bond acceptors (Lipinski definition) is 8. The number of fused-ring (bicyclic) bond motifs is 2. The van der Waals surface area contributed by atoms with Crippen molar-refractivity contribution in [1.29, 1.82) is 0 Å². The van der Waals surface area contributed by atoms with Crippen LogP contribution in [-0.4, -0.2) is 42.7 Å². The molecule has 0 radical (unpaired) electrons. The molecule has 2 aliphatic rings. The monoisotopic (exact) mass is 751 g/mol. The second kappa shape index (κ2) is 15.9. The Kier molecular flexibility index (Phi) is 10.9. The zero-order valence-electron chi connectivity index (χ0n) is 29.6. The number of aromatic nitrogens is 1. The molecule has 0 fully saturated rings. The fourth-order valence-electron chi connectivity index (χ4n) is 6.65. The predicted molar refractivity (Wildman–Crippen MR) is 204 cm³/mol. The zero-order chi connectivity index (χ0) is 37.1. The Bertz CT molecular complexity index is 2160. The third-order valence-electron chi connectivity index (χ3n) is 9.79. The van der Waals surface area contributed by atoms with E-state index >= 15 is 0 Å². The second-order valence-electron chi connectivity index (χ2n) is 13.3. The van der Waals surface area contributed by atoms with Crippen LogP contribution in [0, 0.1) is 13.8 Å². The van der Waals surface area contributed by atoms with Gasteiger partial charge in [0.2, 0.25) is 5.91 Å². The van der Waals surface area contributed by atoms with Crippen LogP contribution in [0.15, 0.2) is 91.1 Å². The Balaban J connectivity index is 0.974. The van der Waals surface area contributed by atoms with Crippen LogP contribution >= 0.6 is 23.2 Å². The molecule has 7 rings (SSSR count). The van der Waals surface area contributed by atoms with Crippen LogP contribution in [-0.2, 0) is 40.3 Å². The molecule has 0 saturated carbocycles. The number of halogens is 2. The molecule has 4 aromatic carbocycles. The van der Waals surface area contributed by atoms with Gasteiger partial charge >= 0.3 is 5.97 Å². The Morgan fingerprint density at radius 3 is 2.53 bits per heavy atom. The van der Waals surface area contributed by atoms with Crippen molar-refractivity contribution in [3.8, 4) is 28.4 Å². The van der Waals surface area contributed by atoms with E-state index in [0.717, 1.165) is 50.2 Å². The van der Waals surface area contributed by atoms with Gasteiger partial charge in [0.05, 0.1) is 23.2 Å². The molecule has 1 amide bonds. The zero-order valence-corrected chi connectivity index (χ0v) is 31.1. The highest BCUT2D eigenvalue weighted by atomic mass is 35.5. The number of nitrogens with zero attached hydrogens (tertiary/aromatic N) is 1. The Morgan fingerprint density at radius 2 is 1.74 bits per heavy atom. The van der Waals surface area contributed by atoms with Crippen LogP contribution in [0.3, 0.4) is 0 Å². The number of aryl methyl sites for hydroxylation is 1. The number of nitrogens with one attached hydrogen (secondary N) is 2. The molecule has 11 heteroatoms. The molecular weight excluding hydrogens is 713 g/mol. The van der Waals surface area contributed by atoms with Crippen molar-refractivity contribution in [2.45, 2.75) is 58.0 Å². The maximum Gasteiger partial charge on any atom is 0.328 e. The van der Waals surface area contributed by atoms with Crippen molar-refractivity contribution in [2.24, 2.45) is 0 Å². The van der Waals surface area contributed by atoms with Gasteiger partial charge in [0.1, 0.15) is 25.0 Å². The molecule has 0 spiro atoms. The molecule has 0 bridgehead atoms. The summed E-state index contributed by atoms with van der Waals surface area (Å²) in [5.74, 6) is 1.18. The van der Waals surface area contributed by atoms with Gasteiger partial charge in [-0.1, -0.05) is 65.7 Å². The largest absolute Gasteiger partial charge is 0.489 e. The summed E-state index contributed by atoms with van der Waals surface area (Å²) in [5, 5.41) is 7.24. The average Bonchev–Trinajstić information content (AvgIpc) is 3.18. The number of hydrogen-bond donors (Lipinski definition) is 2. The van der Waals surface area contributed by atoms with E-state index in [4.69, 9.17) is 42.1 Å². The molecule has 2 aliphatic heterocycles. The minimum absolute atomic E-state index is 0.276. The first-order valence-corrected chi connectivity index (χ1v) is 18.2. The van der Waals surface area contributed by atoms with E-state index < -0.39 is 18.1 Å². The van der Waals surface area contributed by atoms with Gasteiger partial charge in [0, 0.05) is 24.9 Å². The number of benzene rings is 4. The van der Waals surface area contributed by atoms with Crippen LogP contribution in [0.1, 0.15) is 45.2 Å². The van der Waals surface area contributed by atoms with Gasteiger partial charge in [-0.25, -0.2) is 4.79 Å². The lowest BCUT2D eigenvalue weighted by atomic mass is 9.94. The number of carbonyl (C=O) groups excluding carboxylic acids is 2. The lowest BCUT2D eigenvalue weighted by molar-refractivity contribution is -0.145. The van der Waals surface area contributed by atoms with Gasteiger partial charge in [-0.05, 0) is 107 Å². The molecular formula is C42H39Cl2N3O6. The van der Waals surface area contributed by atoms with Gasteiger partial charge in [0.15, 0.2) is 17.6 Å². The molecule has 3 atom stereocenters. The number of methoxy groups -OCH3 is 1. The van der Waals surface area contributed by atoms with E-state index in [0.29, 0.717) is 59.9 Å². The first kappa shape index (κ1) is 36.3. The molecule has 1 unspecified atom stereocenters. The van der Waals surface area contributed by atoms with Crippen molar-refractivity contribution >= 4 is 35.1 Å². The lowest BCUT2D eigenvalue weighted by Gasteiger charge is -2.31. The van der Waals surface area contributed by atoms with Crippen molar-refractivity contribution in [3.63, 3.8) is 0 Å². The van der Waals surface area contributed by atoms with Crippen LogP contribution in [0.2, 0.25) is 10.0 Å². The molecule has 9 nitrogen and oxygen atoms in total. The standard InChI is InChI=1S/C42H39Cl2N3O6/c1-24-25(2)45-14-13-33(24)28-10-7-26(8-11-28)16-37(42(49)50-3)47-41(48)36-18-30-19-38-39(20-31(30)21-46-36)53-40(23-52-38)29-5-4-6-32(17-29)51-22-27-9-12-34(43)35(44)15-27/h4-15,17,19-20,36-37,40,46H,16,18,21-23H2,1-3H3,(H,47,48)/t36-,37?,40+/m0/s1. The third-order valence-corrected chi connectivity index (χ3v) is 10.5. The van der Waals surface area contributed by atoms with Gasteiger partial charge in [-0.3, -0.25) is 9.78 Å². The molecule has 0 saturated heterocycles. The quantitative estimate of drug-likeness (QED) is 0.140. The van der Waals surface area contributed by atoms with Crippen molar-refractivity contribution in [3.05, 3.63) is 140 Å². The van der Waals surface area contributed by atoms with Gasteiger partial charge < -0.3 is 29.6 Å². The van der Waals surface area contributed by atoms with E-state index in [1.807, 2.05) is 79.7 Å². The smallest absolute Gasteiger partial charge is 0.328 e. The van der Waals surface area contributed by atoms with E-state index in [2.05, 4.69) is 22.5 Å². The number of amides is 1. The molecule has 2 N–H and O–H groups in total. The summed E-state index contributed by atoms with van der Waals surface area (Å²) in [5.41, 5.74) is 9.00. The Morgan fingerprint density at radius 1 is 0.943 bits per heavy atom. The SMILES string of the molecule is COC(=O)C(Cc1ccc(-c2ccnc(C)c2C)cc1)NC(=O)[C@@H]1Cc2cc3c(cc2CN1)O[C@@H](c1cccc(OCc2ccc(Cl)c(Cl)c2)c1)CO3. The summed E-state index contributed by atoms with van der Waals surface area (Å²) in [4.78, 5) is 30.7. The fourth-order valence-corrected chi connectivity index (χ4v) is 6.97. The molecule has 53 heavy (non-hydrogen) atoms. The summed E-state index contributed by atoms with van der Waals surface area (Å²) >= 11 is 12.2. The average molecular weight is 753 g/mol. The van der Waals surface area contributed by atoms with Crippen LogP contribution < -0.4 is 24.8 Å². The van der Waals surface area contributed by atoms with Crippen molar-refractivity contribution < 1.29 is 28.5 Å². The van der Waals surface area contributed by atoms with E-state index in [9.17, 15) is 9.59 Å². The number of carbonyl (C=O) groups is 2. The summed E-state index contributed by atoms with van der Waals surface area (Å²) in [6.45, 7) is 5.15. The maximum absolute atomic E-state index is 13.5. The number of pyridine rings is 1. The Hall–Kier alpha value is -5.09. The van der Waals surface area contributed by atoms with Gasteiger partial charge in [-0.15, -0.1) is 0 Å². The van der Waals surface area contributed by atoms with Crippen molar-refractivity contribution in [2.75, 3.05) is 13.7 Å². The van der Waals surface area contributed by atoms with E-state index in [1.165, 1.54) is 7.11 Å². The maximum atomic E-state index is 13.5. The highest BCUT2D eigenvalue weighted by Crippen LogP contribution is 2.40. The second-order valence-corrected chi connectivity index (χ2v) is 14.1. The summed E-state index contributed by atoms with van der Waals surface area (Å²) in [6.07, 6.45) is 2.19. The highest BCUT2D eigenvalue weighted by Gasteiger charge is 2.31. The summed E-state index contributed by atoms with van der Waals surface area (Å²) in [7, 11) is 1.33. The first-order chi connectivity index (χ1) is 25.6. The normalized spacial score (nSPS) is 16.6. The van der Waals surface area contributed by atoms with Crippen molar-refractivity contribution in [1.82, 2.24) is 15.6 Å². The predicted octanol–water partition coefficient (Wildman–Crippen LogP) is 7.68. The molecule has 0 aliphatic carbocycles. The summed E-state index contributed by atoms with van der Waals surface area (Å²) in [6, 6.07) is 25.7. The molecule has 272 valence electrons. The topological polar surface area (TPSA) is 108 Å². The fraction of sp³-hybridized carbons (Fsp3) is 0.262. The lowest BCUT2D eigenvalue weighted by Crippen LogP contribution is -2.53. The first-order valence-electron chi connectivity index (χ1n) is 17.4. The number of rotatable bonds is 10. The summed E-state index contributed by atoms with van der Waals surface area (Å²) < 4.78 is 23.7. The van der Waals surface area contributed by atoms with Gasteiger partial charge in [-0.2, -0.15) is 0 Å². The third kappa shape index (κ3) is 8.28. The Labute approximate surface area is 318 Å². The highest BCUT2D eigenvalue weighted by molar-refractivity contribution is 6.42. The van der Waals surface area contributed by atoms with Gasteiger partial charge in [0.25, 0.3) is 0 Å².